The van der Waals surface area contributed by atoms with E-state index in [1.807, 2.05) is 24.3 Å². The van der Waals surface area contributed by atoms with Crippen LogP contribution in [0.4, 0.5) is 0 Å². The summed E-state index contributed by atoms with van der Waals surface area (Å²) in [5, 5.41) is 8.66. The zero-order valence-electron chi connectivity index (χ0n) is 7.00. The predicted molar refractivity (Wildman–Crippen MR) is 56.9 cm³/mol. The Morgan fingerprint density at radius 2 is 2.31 bits per heavy atom. The summed E-state index contributed by atoms with van der Waals surface area (Å²) in [5.74, 6) is 0. The van der Waals surface area contributed by atoms with Crippen LogP contribution >= 0.6 is 15.9 Å². The number of hydrogen-bond acceptors (Lipinski definition) is 2. The van der Waals surface area contributed by atoms with Gasteiger partial charge >= 0.3 is 0 Å². The summed E-state index contributed by atoms with van der Waals surface area (Å²) in [6.07, 6.45) is 3.74. The Bertz CT molecular complexity index is 364. The van der Waals surface area contributed by atoms with Crippen LogP contribution in [0.5, 0.6) is 0 Å². The predicted octanol–water partition coefficient (Wildman–Crippen LogP) is 2.29. The molecule has 0 spiro atoms. The second-order valence-electron chi connectivity index (χ2n) is 2.49. The van der Waals surface area contributed by atoms with Crippen molar-refractivity contribution in [3.63, 3.8) is 0 Å². The van der Waals surface area contributed by atoms with Crippen molar-refractivity contribution < 1.29 is 0 Å². The van der Waals surface area contributed by atoms with Gasteiger partial charge in [-0.05, 0) is 23.8 Å². The number of nitrogens with two attached hydrogens (primary N) is 1. The van der Waals surface area contributed by atoms with Crippen molar-refractivity contribution in [1.82, 2.24) is 0 Å². The standard InChI is InChI=1S/C10H9BrN2/c11-10-4-3-8(7-13)6-9(10)2-1-5-12/h1-4,6H,5,12H2/b2-1+. The molecule has 66 valence electrons. The topological polar surface area (TPSA) is 49.8 Å². The van der Waals surface area contributed by atoms with Gasteiger partial charge in [0.25, 0.3) is 0 Å². The average molecular weight is 237 g/mol. The fourth-order valence-electron chi connectivity index (χ4n) is 0.936. The van der Waals surface area contributed by atoms with E-state index in [9.17, 15) is 0 Å². The number of halogens is 1. The molecule has 0 fully saturated rings. The number of hydrogen-bond donors (Lipinski definition) is 1. The maximum absolute atomic E-state index is 8.66. The summed E-state index contributed by atoms with van der Waals surface area (Å²) in [6.45, 7) is 0.503. The van der Waals surface area contributed by atoms with Gasteiger partial charge in [0.05, 0.1) is 11.6 Å². The average Bonchev–Trinajstić information content (AvgIpc) is 2.17. The summed E-state index contributed by atoms with van der Waals surface area (Å²) < 4.78 is 0.969. The molecule has 0 aliphatic rings. The van der Waals surface area contributed by atoms with E-state index in [2.05, 4.69) is 22.0 Å². The molecule has 0 saturated carbocycles. The van der Waals surface area contributed by atoms with E-state index < -0.39 is 0 Å². The molecule has 2 nitrogen and oxygen atoms in total. The highest BCUT2D eigenvalue weighted by Gasteiger charge is 1.96. The van der Waals surface area contributed by atoms with Gasteiger partial charge in [0.15, 0.2) is 0 Å². The molecule has 1 aromatic carbocycles. The van der Waals surface area contributed by atoms with E-state index in [-0.39, 0.29) is 0 Å². The lowest BCUT2D eigenvalue weighted by Crippen LogP contribution is -1.92. The first-order valence-corrected chi connectivity index (χ1v) is 4.63. The lowest BCUT2D eigenvalue weighted by atomic mass is 10.1. The minimum Gasteiger partial charge on any atom is -0.327 e. The molecular weight excluding hydrogens is 228 g/mol. The third kappa shape index (κ3) is 2.69. The van der Waals surface area contributed by atoms with Crippen molar-refractivity contribution in [2.24, 2.45) is 5.73 Å². The minimum absolute atomic E-state index is 0.503. The zero-order chi connectivity index (χ0) is 9.68. The highest BCUT2D eigenvalue weighted by atomic mass is 79.9. The molecule has 0 aliphatic carbocycles. The van der Waals surface area contributed by atoms with Crippen molar-refractivity contribution in [1.29, 1.82) is 5.26 Å². The second kappa shape index (κ2) is 4.80. The van der Waals surface area contributed by atoms with Crippen molar-refractivity contribution in [2.75, 3.05) is 6.54 Å². The maximum atomic E-state index is 8.66. The van der Waals surface area contributed by atoms with E-state index >= 15 is 0 Å². The van der Waals surface area contributed by atoms with Crippen molar-refractivity contribution in [3.05, 3.63) is 39.9 Å². The van der Waals surface area contributed by atoms with Crippen LogP contribution in [-0.4, -0.2) is 6.54 Å². The highest BCUT2D eigenvalue weighted by molar-refractivity contribution is 9.10. The van der Waals surface area contributed by atoms with Gasteiger partial charge in [0.2, 0.25) is 0 Å². The molecule has 0 unspecified atom stereocenters. The van der Waals surface area contributed by atoms with Gasteiger partial charge in [-0.25, -0.2) is 0 Å². The first kappa shape index (κ1) is 9.97. The van der Waals surface area contributed by atoms with Gasteiger partial charge in [0, 0.05) is 11.0 Å². The highest BCUT2D eigenvalue weighted by Crippen LogP contribution is 2.19. The van der Waals surface area contributed by atoms with Gasteiger partial charge in [-0.2, -0.15) is 5.26 Å². The first-order chi connectivity index (χ1) is 6.27. The van der Waals surface area contributed by atoms with Crippen molar-refractivity contribution >= 4 is 22.0 Å². The third-order valence-corrected chi connectivity index (χ3v) is 2.28. The number of benzene rings is 1. The lowest BCUT2D eigenvalue weighted by molar-refractivity contribution is 1.26. The van der Waals surface area contributed by atoms with Crippen molar-refractivity contribution in [3.8, 4) is 6.07 Å². The Morgan fingerprint density at radius 1 is 1.54 bits per heavy atom. The van der Waals surface area contributed by atoms with Gasteiger partial charge in [-0.15, -0.1) is 0 Å². The molecule has 0 aromatic heterocycles. The quantitative estimate of drug-likeness (QED) is 0.857. The zero-order valence-corrected chi connectivity index (χ0v) is 8.58. The van der Waals surface area contributed by atoms with Gasteiger partial charge in [-0.3, -0.25) is 0 Å². The summed E-state index contributed by atoms with van der Waals surface area (Å²) >= 11 is 3.39. The van der Waals surface area contributed by atoms with Crippen LogP contribution in [0.1, 0.15) is 11.1 Å². The van der Waals surface area contributed by atoms with Crippen LogP contribution in [0.2, 0.25) is 0 Å². The van der Waals surface area contributed by atoms with Gasteiger partial charge in [-0.1, -0.05) is 28.1 Å². The molecule has 0 radical (unpaired) electrons. The molecule has 3 heteroatoms. The Kier molecular flexibility index (Phi) is 3.69. The van der Waals surface area contributed by atoms with E-state index in [0.29, 0.717) is 12.1 Å². The summed E-state index contributed by atoms with van der Waals surface area (Å²) in [6, 6.07) is 7.52. The molecule has 13 heavy (non-hydrogen) atoms. The van der Waals surface area contributed by atoms with Crippen molar-refractivity contribution in [2.45, 2.75) is 0 Å². The molecule has 0 amide bonds. The monoisotopic (exact) mass is 236 g/mol. The summed E-state index contributed by atoms with van der Waals surface area (Å²) in [7, 11) is 0. The number of nitriles is 1. The number of nitrogens with zero attached hydrogens (tertiary/aromatic N) is 1. The summed E-state index contributed by atoms with van der Waals surface area (Å²) in [4.78, 5) is 0. The SMILES string of the molecule is N#Cc1ccc(Br)c(/C=C/CN)c1. The molecule has 0 bridgehead atoms. The Hall–Kier alpha value is -1.11. The molecule has 1 rings (SSSR count). The van der Waals surface area contributed by atoms with E-state index in [1.165, 1.54) is 0 Å². The van der Waals surface area contributed by atoms with Crippen LogP contribution in [0, 0.1) is 11.3 Å². The second-order valence-corrected chi connectivity index (χ2v) is 3.34. The van der Waals surface area contributed by atoms with Crippen LogP contribution in [0.25, 0.3) is 6.08 Å². The molecule has 0 saturated heterocycles. The molecule has 2 N–H and O–H groups in total. The van der Waals surface area contributed by atoms with Gasteiger partial charge in [0.1, 0.15) is 0 Å². The lowest BCUT2D eigenvalue weighted by Gasteiger charge is -1.98. The first-order valence-electron chi connectivity index (χ1n) is 3.84. The smallest absolute Gasteiger partial charge is 0.0991 e. The third-order valence-electron chi connectivity index (χ3n) is 1.56. The Morgan fingerprint density at radius 3 is 2.92 bits per heavy atom. The Balaban J connectivity index is 3.06. The fraction of sp³-hybridized carbons (Fsp3) is 0.100. The Labute approximate surface area is 85.8 Å². The molecule has 0 atom stereocenters. The van der Waals surface area contributed by atoms with Gasteiger partial charge < -0.3 is 5.73 Å². The molecule has 1 aromatic rings. The maximum Gasteiger partial charge on any atom is 0.0991 e. The molecule has 0 heterocycles. The normalized spacial score (nSPS) is 10.2. The van der Waals surface area contributed by atoms with Crippen LogP contribution in [-0.2, 0) is 0 Å². The van der Waals surface area contributed by atoms with E-state index in [4.69, 9.17) is 11.0 Å². The van der Waals surface area contributed by atoms with Crippen LogP contribution < -0.4 is 5.73 Å². The minimum atomic E-state index is 0.503. The molecule has 0 aliphatic heterocycles. The van der Waals surface area contributed by atoms with E-state index in [0.717, 1.165) is 10.0 Å². The molecular formula is C10H9BrN2. The van der Waals surface area contributed by atoms with E-state index in [1.54, 1.807) is 6.07 Å². The fourth-order valence-corrected chi connectivity index (χ4v) is 1.31. The number of rotatable bonds is 2. The van der Waals surface area contributed by atoms with Crippen LogP contribution in [0.3, 0.4) is 0 Å². The van der Waals surface area contributed by atoms with Crippen LogP contribution in [0.15, 0.2) is 28.7 Å². The largest absolute Gasteiger partial charge is 0.327 e. The summed E-state index contributed by atoms with van der Waals surface area (Å²) in [5.41, 5.74) is 6.96.